The van der Waals surface area contributed by atoms with E-state index in [9.17, 15) is 29.3 Å². The van der Waals surface area contributed by atoms with Crippen molar-refractivity contribution in [3.05, 3.63) is 78.8 Å². The number of imide groups is 1. The molecule has 0 spiro atoms. The fraction of sp³-hybridized carbons (Fsp3) is 0.250. The number of H-pyrrole nitrogens is 1. The van der Waals surface area contributed by atoms with E-state index in [-0.39, 0.29) is 29.5 Å². The van der Waals surface area contributed by atoms with Gasteiger partial charge < -0.3 is 14.5 Å². The number of esters is 1. The molecule has 1 saturated heterocycles. The van der Waals surface area contributed by atoms with Crippen molar-refractivity contribution < 1.29 is 28.8 Å². The van der Waals surface area contributed by atoms with Crippen LogP contribution in [0.3, 0.4) is 0 Å². The normalized spacial score (nSPS) is 20.4. The van der Waals surface area contributed by atoms with E-state index in [1.807, 2.05) is 0 Å². The van der Waals surface area contributed by atoms with E-state index < -0.39 is 39.8 Å². The zero-order chi connectivity index (χ0) is 26.3. The lowest BCUT2D eigenvalue weighted by molar-refractivity contribution is -0.384. The van der Waals surface area contributed by atoms with Gasteiger partial charge in [0.2, 0.25) is 11.8 Å². The molecule has 3 unspecified atom stereocenters. The van der Waals surface area contributed by atoms with Crippen LogP contribution in [0.1, 0.15) is 23.3 Å². The van der Waals surface area contributed by atoms with E-state index in [0.717, 1.165) is 28.0 Å². The Bertz CT molecular complexity index is 1450. The minimum Gasteiger partial charge on any atom is -0.482 e. The number of carbonyl (C=O) groups excluding carboxylic acids is 3. The van der Waals surface area contributed by atoms with Crippen molar-refractivity contribution >= 4 is 52.3 Å². The molecule has 0 aliphatic carbocycles. The Morgan fingerprint density at radius 3 is 2.43 bits per heavy atom. The summed E-state index contributed by atoms with van der Waals surface area (Å²) in [5, 5.41) is 10.8. The van der Waals surface area contributed by atoms with Crippen molar-refractivity contribution in [1.82, 2.24) is 4.98 Å². The minimum absolute atomic E-state index is 0.155. The number of nitro benzene ring substituents is 1. The standard InChI is InChI=1S/C24H19N3O8S2/c1-2-34-16(28)11-35-15-9-3-12(4-10-15)17-18-20(36-21-19(17)37-24(31)25-21)23(30)26(22(18)29)13-5-7-14(8-6-13)27(32)33/h3-10,17-18,20H,2,11H2,1H3,(H,25,31). The number of nitrogens with one attached hydrogen (secondary N) is 1. The lowest BCUT2D eigenvalue weighted by Gasteiger charge is -2.29. The summed E-state index contributed by atoms with van der Waals surface area (Å²) in [7, 11) is 0. The molecule has 0 bridgehead atoms. The van der Waals surface area contributed by atoms with Crippen molar-refractivity contribution in [3.63, 3.8) is 0 Å². The summed E-state index contributed by atoms with van der Waals surface area (Å²) in [5.41, 5.74) is 0.786. The topological polar surface area (TPSA) is 149 Å². The number of benzene rings is 2. The number of ether oxygens (including phenoxy) is 2. The van der Waals surface area contributed by atoms with Gasteiger partial charge in [-0.3, -0.25) is 24.5 Å². The number of rotatable bonds is 7. The van der Waals surface area contributed by atoms with Gasteiger partial charge in [0.05, 0.1) is 28.2 Å². The SMILES string of the molecule is CCOC(=O)COc1ccc(C2c3sc(=O)[nH]c3SC3C(=O)N(c4ccc([N+](=O)[O-])cc4)C(=O)C32)cc1. The Morgan fingerprint density at radius 2 is 1.78 bits per heavy atom. The molecule has 3 aromatic rings. The molecule has 1 aromatic heterocycles. The van der Waals surface area contributed by atoms with Crippen molar-refractivity contribution in [2.24, 2.45) is 5.92 Å². The highest BCUT2D eigenvalue weighted by Crippen LogP contribution is 2.53. The van der Waals surface area contributed by atoms with Gasteiger partial charge in [0, 0.05) is 22.9 Å². The van der Waals surface area contributed by atoms with E-state index in [1.165, 1.54) is 24.3 Å². The Morgan fingerprint density at radius 1 is 1.08 bits per heavy atom. The molecule has 2 aliphatic heterocycles. The van der Waals surface area contributed by atoms with E-state index in [4.69, 9.17) is 9.47 Å². The lowest BCUT2D eigenvalue weighted by atomic mass is 9.83. The quantitative estimate of drug-likeness (QED) is 0.206. The molecule has 3 atom stereocenters. The third kappa shape index (κ3) is 4.51. The maximum Gasteiger partial charge on any atom is 0.344 e. The van der Waals surface area contributed by atoms with E-state index in [0.29, 0.717) is 21.2 Å². The number of aromatic amines is 1. The fourth-order valence-corrected chi connectivity index (χ4v) is 6.99. The van der Waals surface area contributed by atoms with E-state index in [1.54, 1.807) is 31.2 Å². The number of fused-ring (bicyclic) bond motifs is 2. The maximum absolute atomic E-state index is 13.7. The molecule has 0 radical (unpaired) electrons. The average molecular weight is 542 g/mol. The highest BCUT2D eigenvalue weighted by molar-refractivity contribution is 8.00. The second-order valence-corrected chi connectivity index (χ2v) is 10.4. The molecule has 3 heterocycles. The van der Waals surface area contributed by atoms with Gasteiger partial charge in [0.25, 0.3) is 5.69 Å². The van der Waals surface area contributed by atoms with Crippen molar-refractivity contribution in [3.8, 4) is 5.75 Å². The number of amides is 2. The molecule has 13 heteroatoms. The van der Waals surface area contributed by atoms with Gasteiger partial charge in [-0.2, -0.15) is 0 Å². The second kappa shape index (κ2) is 9.82. The molecule has 0 saturated carbocycles. The zero-order valence-corrected chi connectivity index (χ0v) is 20.9. The highest BCUT2D eigenvalue weighted by Gasteiger charge is 2.56. The van der Waals surface area contributed by atoms with Crippen LogP contribution < -0.4 is 14.5 Å². The summed E-state index contributed by atoms with van der Waals surface area (Å²) in [5.74, 6) is -2.35. The molecule has 2 aromatic carbocycles. The summed E-state index contributed by atoms with van der Waals surface area (Å²) in [6.45, 7) is 1.69. The van der Waals surface area contributed by atoms with Crippen molar-refractivity contribution in [2.75, 3.05) is 18.1 Å². The number of nitrogens with zero attached hydrogens (tertiary/aromatic N) is 2. The van der Waals surface area contributed by atoms with Gasteiger partial charge in [-0.15, -0.1) is 0 Å². The van der Waals surface area contributed by atoms with E-state index in [2.05, 4.69) is 4.98 Å². The molecule has 2 amide bonds. The summed E-state index contributed by atoms with van der Waals surface area (Å²) in [6, 6.07) is 12.0. The Labute approximate surface area is 217 Å². The molecule has 190 valence electrons. The number of hydrogen-bond donors (Lipinski definition) is 1. The van der Waals surface area contributed by atoms with Crippen LogP contribution >= 0.6 is 23.1 Å². The fourth-order valence-electron chi connectivity index (χ4n) is 4.47. The van der Waals surface area contributed by atoms with Crippen LogP contribution in [-0.2, 0) is 19.1 Å². The first-order chi connectivity index (χ1) is 17.8. The number of thiazole rings is 1. The van der Waals surface area contributed by atoms with Gasteiger partial charge in [-0.1, -0.05) is 35.2 Å². The molecule has 2 aliphatic rings. The number of anilines is 1. The van der Waals surface area contributed by atoms with Crippen LogP contribution in [0.4, 0.5) is 11.4 Å². The first-order valence-corrected chi connectivity index (χ1v) is 12.9. The molecule has 1 N–H and O–H groups in total. The minimum atomic E-state index is -0.794. The first-order valence-electron chi connectivity index (χ1n) is 11.2. The van der Waals surface area contributed by atoms with E-state index >= 15 is 0 Å². The molecule has 5 rings (SSSR count). The van der Waals surface area contributed by atoms with Crippen LogP contribution in [0.2, 0.25) is 0 Å². The lowest BCUT2D eigenvalue weighted by Crippen LogP contribution is -2.32. The number of carbonyl (C=O) groups is 3. The summed E-state index contributed by atoms with van der Waals surface area (Å²) < 4.78 is 10.3. The van der Waals surface area contributed by atoms with Gasteiger partial charge in [-0.25, -0.2) is 9.69 Å². The van der Waals surface area contributed by atoms with Crippen LogP contribution in [0.5, 0.6) is 5.75 Å². The Kier molecular flexibility index (Phi) is 6.56. The third-order valence-corrected chi connectivity index (χ3v) is 8.44. The summed E-state index contributed by atoms with van der Waals surface area (Å²) in [6.07, 6.45) is 0. The smallest absolute Gasteiger partial charge is 0.344 e. The number of thioether (sulfide) groups is 1. The van der Waals surface area contributed by atoms with Crippen LogP contribution in [0.25, 0.3) is 0 Å². The monoisotopic (exact) mass is 541 g/mol. The van der Waals surface area contributed by atoms with Gasteiger partial charge >= 0.3 is 10.8 Å². The number of hydrogen-bond acceptors (Lipinski definition) is 10. The van der Waals surface area contributed by atoms with Gasteiger partial charge in [0.1, 0.15) is 11.0 Å². The summed E-state index contributed by atoms with van der Waals surface area (Å²) >= 11 is 2.13. The number of aromatic nitrogens is 1. The molecular formula is C24H19N3O8S2. The molecular weight excluding hydrogens is 522 g/mol. The largest absolute Gasteiger partial charge is 0.482 e. The maximum atomic E-state index is 13.7. The van der Waals surface area contributed by atoms with Gasteiger partial charge in [0.15, 0.2) is 6.61 Å². The summed E-state index contributed by atoms with van der Waals surface area (Å²) in [4.78, 5) is 65.5. The molecule has 11 nitrogen and oxygen atoms in total. The van der Waals surface area contributed by atoms with Crippen LogP contribution in [0.15, 0.2) is 58.4 Å². The molecule has 37 heavy (non-hydrogen) atoms. The molecule has 1 fully saturated rings. The Balaban J connectivity index is 1.48. The predicted octanol–water partition coefficient (Wildman–Crippen LogP) is 3.08. The second-order valence-electron chi connectivity index (χ2n) is 8.20. The zero-order valence-electron chi connectivity index (χ0n) is 19.2. The predicted molar refractivity (Wildman–Crippen MR) is 134 cm³/mol. The average Bonchev–Trinajstić information content (AvgIpc) is 3.37. The highest BCUT2D eigenvalue weighted by atomic mass is 32.2. The van der Waals surface area contributed by atoms with Gasteiger partial charge in [-0.05, 0) is 36.8 Å². The third-order valence-electron chi connectivity index (χ3n) is 6.04. The number of nitro groups is 1. The van der Waals surface area contributed by atoms with Crippen molar-refractivity contribution in [2.45, 2.75) is 23.1 Å². The first kappa shape index (κ1) is 24.7. The van der Waals surface area contributed by atoms with Crippen LogP contribution in [-0.4, -0.2) is 46.2 Å². The van der Waals surface area contributed by atoms with Crippen molar-refractivity contribution in [1.29, 1.82) is 0 Å². The van der Waals surface area contributed by atoms with Crippen LogP contribution in [0, 0.1) is 16.0 Å². The Hall–Kier alpha value is -3.97. The number of non-ortho nitro benzene ring substituents is 1.